The maximum Gasteiger partial charge on any atom is 0.0346 e. The van der Waals surface area contributed by atoms with Crippen molar-refractivity contribution in [2.45, 2.75) is 13.3 Å². The number of hydrogen-bond acceptors (Lipinski definition) is 2. The van der Waals surface area contributed by atoms with Crippen LogP contribution in [0.1, 0.15) is 12.5 Å². The summed E-state index contributed by atoms with van der Waals surface area (Å²) in [6, 6.07) is 8.56. The van der Waals surface area contributed by atoms with Crippen molar-refractivity contribution in [1.29, 1.82) is 0 Å². The third-order valence-electron chi connectivity index (χ3n) is 2.69. The largest absolute Gasteiger partial charge is 0.330 e. The molecule has 0 saturated carbocycles. The van der Waals surface area contributed by atoms with Gasteiger partial charge in [0.15, 0.2) is 0 Å². The van der Waals surface area contributed by atoms with Crippen LogP contribution in [-0.4, -0.2) is 11.5 Å². The summed E-state index contributed by atoms with van der Waals surface area (Å²) in [5.74, 6) is 0.546. The monoisotopic (exact) mass is 200 g/mol. The molecule has 0 bridgehead atoms. The summed E-state index contributed by atoms with van der Waals surface area (Å²) in [6.07, 6.45) is 4.78. The highest BCUT2D eigenvalue weighted by Gasteiger charge is 2.02. The van der Waals surface area contributed by atoms with Gasteiger partial charge in [0.2, 0.25) is 0 Å². The highest BCUT2D eigenvalue weighted by molar-refractivity contribution is 5.81. The van der Waals surface area contributed by atoms with Crippen LogP contribution in [0.3, 0.4) is 0 Å². The molecule has 2 aromatic rings. The standard InChI is InChI=1S/C13H16N2/c1-10(8-14)6-11-2-3-13-9-15-5-4-12(13)7-11/h2-5,7,9-10H,6,8,14H2,1H3. The van der Waals surface area contributed by atoms with E-state index < -0.39 is 0 Å². The molecule has 1 unspecified atom stereocenters. The zero-order valence-electron chi connectivity index (χ0n) is 8.98. The molecular weight excluding hydrogens is 184 g/mol. The summed E-state index contributed by atoms with van der Waals surface area (Å²) in [5, 5.41) is 2.45. The van der Waals surface area contributed by atoms with Gasteiger partial charge in [0.25, 0.3) is 0 Å². The van der Waals surface area contributed by atoms with Crippen LogP contribution in [0.15, 0.2) is 36.7 Å². The Bertz CT molecular complexity index is 451. The number of rotatable bonds is 3. The number of fused-ring (bicyclic) bond motifs is 1. The van der Waals surface area contributed by atoms with Gasteiger partial charge in [-0.15, -0.1) is 0 Å². The topological polar surface area (TPSA) is 38.9 Å². The second-order valence-corrected chi connectivity index (χ2v) is 4.10. The van der Waals surface area contributed by atoms with Gasteiger partial charge in [0, 0.05) is 17.8 Å². The maximum absolute atomic E-state index is 5.62. The van der Waals surface area contributed by atoms with Gasteiger partial charge in [-0.05, 0) is 35.9 Å². The zero-order valence-corrected chi connectivity index (χ0v) is 8.98. The summed E-state index contributed by atoms with van der Waals surface area (Å²) in [7, 11) is 0. The van der Waals surface area contributed by atoms with Crippen molar-refractivity contribution in [3.8, 4) is 0 Å². The van der Waals surface area contributed by atoms with E-state index >= 15 is 0 Å². The first-order chi connectivity index (χ1) is 7.29. The SMILES string of the molecule is CC(CN)Cc1ccc2cnccc2c1. The van der Waals surface area contributed by atoms with Gasteiger partial charge >= 0.3 is 0 Å². The average Bonchev–Trinajstić information content (AvgIpc) is 2.29. The fourth-order valence-electron chi connectivity index (χ4n) is 1.75. The van der Waals surface area contributed by atoms with Crippen LogP contribution in [0.25, 0.3) is 10.8 Å². The van der Waals surface area contributed by atoms with Crippen LogP contribution in [0, 0.1) is 5.92 Å². The lowest BCUT2D eigenvalue weighted by Crippen LogP contribution is -2.12. The van der Waals surface area contributed by atoms with Gasteiger partial charge in [-0.1, -0.05) is 25.1 Å². The summed E-state index contributed by atoms with van der Waals surface area (Å²) >= 11 is 0. The van der Waals surface area contributed by atoms with Crippen molar-refractivity contribution in [1.82, 2.24) is 4.98 Å². The molecule has 0 amide bonds. The number of nitrogens with two attached hydrogens (primary N) is 1. The molecule has 0 spiro atoms. The van der Waals surface area contributed by atoms with Gasteiger partial charge in [-0.2, -0.15) is 0 Å². The molecule has 0 radical (unpaired) electrons. The molecule has 1 aromatic carbocycles. The maximum atomic E-state index is 5.62. The van der Waals surface area contributed by atoms with Crippen LogP contribution in [-0.2, 0) is 6.42 Å². The van der Waals surface area contributed by atoms with Crippen LogP contribution in [0.2, 0.25) is 0 Å². The Morgan fingerprint density at radius 3 is 2.93 bits per heavy atom. The van der Waals surface area contributed by atoms with Crippen molar-refractivity contribution >= 4 is 10.8 Å². The van der Waals surface area contributed by atoms with Crippen molar-refractivity contribution < 1.29 is 0 Å². The minimum atomic E-state index is 0.546. The zero-order chi connectivity index (χ0) is 10.7. The third kappa shape index (κ3) is 2.34. The number of benzene rings is 1. The lowest BCUT2D eigenvalue weighted by molar-refractivity contribution is 0.593. The highest BCUT2D eigenvalue weighted by Crippen LogP contribution is 2.16. The minimum absolute atomic E-state index is 0.546. The predicted octanol–water partition coefficient (Wildman–Crippen LogP) is 2.37. The Hall–Kier alpha value is -1.41. The molecule has 2 heteroatoms. The molecule has 2 nitrogen and oxygen atoms in total. The molecule has 1 heterocycles. The Balaban J connectivity index is 2.30. The van der Waals surface area contributed by atoms with E-state index in [9.17, 15) is 0 Å². The van der Waals surface area contributed by atoms with E-state index in [4.69, 9.17) is 5.73 Å². The lowest BCUT2D eigenvalue weighted by atomic mass is 9.99. The summed E-state index contributed by atoms with van der Waals surface area (Å²) in [4.78, 5) is 4.10. The number of pyridine rings is 1. The van der Waals surface area contributed by atoms with Gasteiger partial charge in [-0.3, -0.25) is 4.98 Å². The molecule has 0 saturated heterocycles. The van der Waals surface area contributed by atoms with E-state index in [1.54, 1.807) is 0 Å². The Morgan fingerprint density at radius 1 is 1.27 bits per heavy atom. The summed E-state index contributed by atoms with van der Waals surface area (Å²) in [5.41, 5.74) is 6.98. The minimum Gasteiger partial charge on any atom is -0.330 e. The van der Waals surface area contributed by atoms with Gasteiger partial charge in [0.1, 0.15) is 0 Å². The van der Waals surface area contributed by atoms with Crippen LogP contribution in [0.5, 0.6) is 0 Å². The van der Waals surface area contributed by atoms with Crippen molar-refractivity contribution in [2.24, 2.45) is 11.7 Å². The van der Waals surface area contributed by atoms with Crippen LogP contribution < -0.4 is 5.73 Å². The second kappa shape index (κ2) is 4.41. The fourth-order valence-corrected chi connectivity index (χ4v) is 1.75. The van der Waals surface area contributed by atoms with Crippen molar-refractivity contribution in [2.75, 3.05) is 6.54 Å². The Kier molecular flexibility index (Phi) is 2.97. The molecule has 2 N–H and O–H groups in total. The van der Waals surface area contributed by atoms with E-state index in [1.807, 2.05) is 18.5 Å². The fraction of sp³-hybridized carbons (Fsp3) is 0.308. The molecule has 0 aliphatic carbocycles. The lowest BCUT2D eigenvalue weighted by Gasteiger charge is -2.08. The van der Waals surface area contributed by atoms with Crippen LogP contribution in [0.4, 0.5) is 0 Å². The highest BCUT2D eigenvalue weighted by atomic mass is 14.6. The van der Waals surface area contributed by atoms with Crippen LogP contribution >= 0.6 is 0 Å². The van der Waals surface area contributed by atoms with Gasteiger partial charge < -0.3 is 5.73 Å². The van der Waals surface area contributed by atoms with Gasteiger partial charge in [-0.25, -0.2) is 0 Å². The molecule has 2 rings (SSSR count). The smallest absolute Gasteiger partial charge is 0.0346 e. The number of hydrogen-bond donors (Lipinski definition) is 1. The first kappa shape index (κ1) is 10.1. The van der Waals surface area contributed by atoms with E-state index in [0.29, 0.717) is 5.92 Å². The third-order valence-corrected chi connectivity index (χ3v) is 2.69. The quantitative estimate of drug-likeness (QED) is 0.826. The normalized spacial score (nSPS) is 12.9. The molecule has 15 heavy (non-hydrogen) atoms. The second-order valence-electron chi connectivity index (χ2n) is 4.10. The summed E-state index contributed by atoms with van der Waals surface area (Å²) in [6.45, 7) is 2.92. The molecule has 1 aromatic heterocycles. The molecule has 1 atom stereocenters. The Morgan fingerprint density at radius 2 is 2.13 bits per heavy atom. The number of aromatic nitrogens is 1. The van der Waals surface area contributed by atoms with Crippen molar-refractivity contribution in [3.63, 3.8) is 0 Å². The molecule has 0 fully saturated rings. The first-order valence-electron chi connectivity index (χ1n) is 5.32. The molecule has 0 aliphatic heterocycles. The van der Waals surface area contributed by atoms with E-state index in [1.165, 1.54) is 16.3 Å². The van der Waals surface area contributed by atoms with Crippen molar-refractivity contribution in [3.05, 3.63) is 42.2 Å². The molecule has 0 aliphatic rings. The van der Waals surface area contributed by atoms with E-state index in [2.05, 4.69) is 30.1 Å². The molecule has 78 valence electrons. The van der Waals surface area contributed by atoms with E-state index in [-0.39, 0.29) is 0 Å². The predicted molar refractivity (Wildman–Crippen MR) is 63.7 cm³/mol. The van der Waals surface area contributed by atoms with E-state index in [0.717, 1.165) is 13.0 Å². The first-order valence-corrected chi connectivity index (χ1v) is 5.32. The number of nitrogens with zero attached hydrogens (tertiary/aromatic N) is 1. The summed E-state index contributed by atoms with van der Waals surface area (Å²) < 4.78 is 0. The van der Waals surface area contributed by atoms with Gasteiger partial charge in [0.05, 0.1) is 0 Å². The molecular formula is C13H16N2. The average molecular weight is 200 g/mol. The Labute approximate surface area is 90.1 Å².